The third kappa shape index (κ3) is 4.32. The second-order valence-corrected chi connectivity index (χ2v) is 5.47. The Hall–Kier alpha value is -2.34. The van der Waals surface area contributed by atoms with Gasteiger partial charge < -0.3 is 16.0 Å². The fourth-order valence-corrected chi connectivity index (χ4v) is 2.43. The van der Waals surface area contributed by atoms with Gasteiger partial charge in [-0.2, -0.15) is 11.3 Å². The molecule has 0 unspecified atom stereocenters. The molecule has 1 aromatic heterocycles. The summed E-state index contributed by atoms with van der Waals surface area (Å²) in [6.45, 7) is 0.518. The summed E-state index contributed by atoms with van der Waals surface area (Å²) < 4.78 is 0. The van der Waals surface area contributed by atoms with E-state index in [9.17, 15) is 9.59 Å². The van der Waals surface area contributed by atoms with Gasteiger partial charge in [0.15, 0.2) is 0 Å². The molecule has 0 fully saturated rings. The van der Waals surface area contributed by atoms with Crippen LogP contribution in [0, 0.1) is 0 Å². The first-order chi connectivity index (χ1) is 10.1. The van der Waals surface area contributed by atoms with E-state index in [1.54, 1.807) is 47.5 Å². The number of carbonyl (C=O) groups excluding carboxylic acids is 2. The zero-order chi connectivity index (χ0) is 15.2. The normalized spacial score (nSPS) is 10.1. The summed E-state index contributed by atoms with van der Waals surface area (Å²) in [7, 11) is 1.72. The van der Waals surface area contributed by atoms with Crippen molar-refractivity contribution in [2.45, 2.75) is 6.54 Å². The van der Waals surface area contributed by atoms with E-state index in [1.807, 2.05) is 16.8 Å². The third-order valence-electron chi connectivity index (χ3n) is 3.00. The van der Waals surface area contributed by atoms with Crippen LogP contribution in [0.5, 0.6) is 0 Å². The molecule has 0 aliphatic heterocycles. The Morgan fingerprint density at radius 2 is 1.95 bits per heavy atom. The van der Waals surface area contributed by atoms with Crippen LogP contribution in [0.25, 0.3) is 0 Å². The predicted molar refractivity (Wildman–Crippen MR) is 84.0 cm³/mol. The van der Waals surface area contributed by atoms with Gasteiger partial charge in [0.25, 0.3) is 5.91 Å². The molecule has 2 rings (SSSR count). The molecule has 0 saturated heterocycles. The maximum absolute atomic E-state index is 12.0. The highest BCUT2D eigenvalue weighted by Gasteiger charge is 2.12. The number of hydrogen-bond acceptors (Lipinski definition) is 4. The van der Waals surface area contributed by atoms with Crippen LogP contribution >= 0.6 is 11.3 Å². The molecule has 0 radical (unpaired) electrons. The average molecular weight is 303 g/mol. The molecule has 0 aliphatic rings. The summed E-state index contributed by atoms with van der Waals surface area (Å²) >= 11 is 1.59. The minimum Gasteiger partial charge on any atom is -0.399 e. The number of nitrogens with two attached hydrogens (primary N) is 1. The summed E-state index contributed by atoms with van der Waals surface area (Å²) in [6.07, 6.45) is 0. The van der Waals surface area contributed by atoms with Gasteiger partial charge in [-0.05, 0) is 46.7 Å². The lowest BCUT2D eigenvalue weighted by molar-refractivity contribution is -0.129. The van der Waals surface area contributed by atoms with Gasteiger partial charge in [-0.15, -0.1) is 0 Å². The fourth-order valence-electron chi connectivity index (χ4n) is 1.77. The lowest BCUT2D eigenvalue weighted by atomic mass is 10.2. The smallest absolute Gasteiger partial charge is 0.251 e. The van der Waals surface area contributed by atoms with Gasteiger partial charge in [0.2, 0.25) is 5.91 Å². The number of amides is 2. The zero-order valence-electron chi connectivity index (χ0n) is 11.7. The van der Waals surface area contributed by atoms with Crippen LogP contribution in [0.15, 0.2) is 41.1 Å². The molecule has 6 heteroatoms. The summed E-state index contributed by atoms with van der Waals surface area (Å²) in [5.74, 6) is -0.419. The van der Waals surface area contributed by atoms with E-state index in [2.05, 4.69) is 5.32 Å². The Labute approximate surface area is 127 Å². The van der Waals surface area contributed by atoms with Gasteiger partial charge in [0, 0.05) is 24.8 Å². The first-order valence-electron chi connectivity index (χ1n) is 6.45. The van der Waals surface area contributed by atoms with E-state index in [0.29, 0.717) is 17.8 Å². The molecule has 0 bridgehead atoms. The Balaban J connectivity index is 1.83. The number of thiophene rings is 1. The van der Waals surface area contributed by atoms with Crippen molar-refractivity contribution in [3.05, 3.63) is 52.2 Å². The highest BCUT2D eigenvalue weighted by atomic mass is 32.1. The summed E-state index contributed by atoms with van der Waals surface area (Å²) in [6, 6.07) is 8.54. The molecule has 21 heavy (non-hydrogen) atoms. The Morgan fingerprint density at radius 1 is 1.24 bits per heavy atom. The molecule has 2 aromatic rings. The highest BCUT2D eigenvalue weighted by Crippen LogP contribution is 2.08. The number of hydrogen-bond donors (Lipinski definition) is 2. The molecule has 5 nitrogen and oxygen atoms in total. The number of nitrogens with zero attached hydrogens (tertiary/aromatic N) is 1. The topological polar surface area (TPSA) is 75.4 Å². The standard InChI is InChI=1S/C15H17N3O2S/c1-18(9-11-6-7-21-10-11)14(19)8-17-15(20)12-2-4-13(16)5-3-12/h2-7,10H,8-9,16H2,1H3,(H,17,20). The molecule has 0 aliphatic carbocycles. The van der Waals surface area contributed by atoms with Gasteiger partial charge in [0.05, 0.1) is 6.54 Å². The summed E-state index contributed by atoms with van der Waals surface area (Å²) in [5, 5.41) is 6.58. The van der Waals surface area contributed by atoms with Crippen molar-refractivity contribution in [2.24, 2.45) is 0 Å². The minimum atomic E-state index is -0.285. The lowest BCUT2D eigenvalue weighted by Gasteiger charge is -2.16. The van der Waals surface area contributed by atoms with Crippen LogP contribution in [-0.4, -0.2) is 30.3 Å². The number of benzene rings is 1. The number of nitrogen functional groups attached to an aromatic ring is 1. The number of rotatable bonds is 5. The van der Waals surface area contributed by atoms with Crippen LogP contribution in [0.1, 0.15) is 15.9 Å². The van der Waals surface area contributed by atoms with Gasteiger partial charge in [-0.25, -0.2) is 0 Å². The van der Waals surface area contributed by atoms with E-state index >= 15 is 0 Å². The molecule has 1 heterocycles. The van der Waals surface area contributed by atoms with Crippen molar-refractivity contribution < 1.29 is 9.59 Å². The fraction of sp³-hybridized carbons (Fsp3) is 0.200. The number of nitrogens with one attached hydrogen (secondary N) is 1. The quantitative estimate of drug-likeness (QED) is 0.826. The van der Waals surface area contributed by atoms with Crippen LogP contribution < -0.4 is 11.1 Å². The molecular formula is C15H17N3O2S. The Kier molecular flexibility index (Phi) is 4.94. The van der Waals surface area contributed by atoms with Crippen molar-refractivity contribution in [1.82, 2.24) is 10.2 Å². The molecule has 1 aromatic carbocycles. The van der Waals surface area contributed by atoms with Crippen molar-refractivity contribution in [3.8, 4) is 0 Å². The second kappa shape index (κ2) is 6.90. The number of carbonyl (C=O) groups is 2. The predicted octanol–water partition coefficient (Wildman–Crippen LogP) is 1.72. The highest BCUT2D eigenvalue weighted by molar-refractivity contribution is 7.07. The van der Waals surface area contributed by atoms with Crippen molar-refractivity contribution in [3.63, 3.8) is 0 Å². The molecule has 3 N–H and O–H groups in total. The molecule has 0 saturated carbocycles. The van der Waals surface area contributed by atoms with Crippen molar-refractivity contribution in [1.29, 1.82) is 0 Å². The Morgan fingerprint density at radius 3 is 2.57 bits per heavy atom. The average Bonchev–Trinajstić information content (AvgIpc) is 2.98. The van der Waals surface area contributed by atoms with E-state index in [0.717, 1.165) is 5.56 Å². The van der Waals surface area contributed by atoms with Gasteiger partial charge in [-0.1, -0.05) is 0 Å². The second-order valence-electron chi connectivity index (χ2n) is 4.69. The van der Waals surface area contributed by atoms with E-state index in [-0.39, 0.29) is 18.4 Å². The maximum Gasteiger partial charge on any atom is 0.251 e. The van der Waals surface area contributed by atoms with Gasteiger partial charge in [-0.3, -0.25) is 9.59 Å². The third-order valence-corrected chi connectivity index (χ3v) is 3.73. The molecule has 110 valence electrons. The largest absolute Gasteiger partial charge is 0.399 e. The van der Waals surface area contributed by atoms with Crippen LogP contribution in [0.2, 0.25) is 0 Å². The van der Waals surface area contributed by atoms with Crippen LogP contribution in [0.4, 0.5) is 5.69 Å². The lowest BCUT2D eigenvalue weighted by Crippen LogP contribution is -2.37. The van der Waals surface area contributed by atoms with E-state index < -0.39 is 0 Å². The first kappa shape index (κ1) is 15.1. The SMILES string of the molecule is CN(Cc1ccsc1)C(=O)CNC(=O)c1ccc(N)cc1. The molecule has 2 amide bonds. The molecule has 0 spiro atoms. The zero-order valence-corrected chi connectivity index (χ0v) is 12.5. The number of anilines is 1. The summed E-state index contributed by atoms with van der Waals surface area (Å²) in [4.78, 5) is 25.4. The first-order valence-corrected chi connectivity index (χ1v) is 7.39. The van der Waals surface area contributed by atoms with E-state index in [4.69, 9.17) is 5.73 Å². The van der Waals surface area contributed by atoms with Gasteiger partial charge >= 0.3 is 0 Å². The number of likely N-dealkylation sites (N-methyl/N-ethyl adjacent to an activating group) is 1. The maximum atomic E-state index is 12.0. The van der Waals surface area contributed by atoms with Crippen LogP contribution in [-0.2, 0) is 11.3 Å². The molecular weight excluding hydrogens is 286 g/mol. The summed E-state index contributed by atoms with van der Waals surface area (Å²) in [5.41, 5.74) is 7.72. The van der Waals surface area contributed by atoms with E-state index in [1.165, 1.54) is 0 Å². The van der Waals surface area contributed by atoms with Crippen molar-refractivity contribution >= 4 is 28.8 Å². The minimum absolute atomic E-state index is 0.0240. The van der Waals surface area contributed by atoms with Crippen molar-refractivity contribution in [2.75, 3.05) is 19.3 Å². The monoisotopic (exact) mass is 303 g/mol. The Bertz CT molecular complexity index is 608. The van der Waals surface area contributed by atoms with Crippen LogP contribution in [0.3, 0.4) is 0 Å². The molecule has 0 atom stereocenters. The van der Waals surface area contributed by atoms with Gasteiger partial charge in [0.1, 0.15) is 0 Å².